The molecular weight excluding hydrogens is 414 g/mol. The van der Waals surface area contributed by atoms with Gasteiger partial charge in [0, 0.05) is 52.9 Å². The molecule has 0 amide bonds. The number of nitrogens with zero attached hydrogens (tertiary/aromatic N) is 5. The summed E-state index contributed by atoms with van der Waals surface area (Å²) in [6.07, 6.45) is 3.96. The van der Waals surface area contributed by atoms with E-state index >= 15 is 0 Å². The van der Waals surface area contributed by atoms with E-state index in [9.17, 15) is 10.1 Å². The molecule has 2 aliphatic rings. The molecule has 3 aromatic rings. The minimum absolute atomic E-state index is 0.0268. The first-order valence-electron chi connectivity index (χ1n) is 10.3. The minimum atomic E-state index is -0.404. The standard InChI is InChI=1S/C21H23N7O2S/c1-13-12-17(26-25-13)27-10-8-21(9-11-27)7-6-16-18(21)23-20(24-19(16)22)31-15-4-2-14(3-5-15)28(29)30/h2-5,12H,6-11H2,1H3,(H,25,26)(H2,22,23,24). The van der Waals surface area contributed by atoms with Crippen molar-refractivity contribution in [2.75, 3.05) is 23.7 Å². The number of H-pyrrole nitrogens is 1. The summed E-state index contributed by atoms with van der Waals surface area (Å²) in [6.45, 7) is 3.87. The van der Waals surface area contributed by atoms with Crippen molar-refractivity contribution in [3.63, 3.8) is 0 Å². The second kappa shape index (κ2) is 7.52. The van der Waals surface area contributed by atoms with Gasteiger partial charge in [-0.05, 0) is 56.5 Å². The van der Waals surface area contributed by atoms with E-state index in [0.717, 1.165) is 66.4 Å². The quantitative estimate of drug-likeness (QED) is 0.360. The molecule has 0 saturated carbocycles. The summed E-state index contributed by atoms with van der Waals surface area (Å²) < 4.78 is 0. The summed E-state index contributed by atoms with van der Waals surface area (Å²) in [6, 6.07) is 8.51. The van der Waals surface area contributed by atoms with E-state index in [4.69, 9.17) is 10.7 Å². The molecular formula is C21H23N7O2S. The number of non-ortho nitro benzene ring substituents is 1. The smallest absolute Gasteiger partial charge is 0.269 e. The van der Waals surface area contributed by atoms with Crippen molar-refractivity contribution >= 4 is 29.1 Å². The predicted octanol–water partition coefficient (Wildman–Crippen LogP) is 3.63. The summed E-state index contributed by atoms with van der Waals surface area (Å²) in [7, 11) is 0. The van der Waals surface area contributed by atoms with E-state index in [1.807, 2.05) is 6.92 Å². The van der Waals surface area contributed by atoms with E-state index in [1.54, 1.807) is 12.1 Å². The molecule has 1 aliphatic heterocycles. The molecule has 5 rings (SSSR count). The van der Waals surface area contributed by atoms with Crippen LogP contribution in [0.4, 0.5) is 17.3 Å². The summed E-state index contributed by atoms with van der Waals surface area (Å²) in [5.41, 5.74) is 9.65. The first-order chi connectivity index (χ1) is 14.9. The zero-order valence-corrected chi connectivity index (χ0v) is 18.0. The average molecular weight is 438 g/mol. The molecule has 2 aromatic heterocycles. The van der Waals surface area contributed by atoms with Crippen LogP contribution in [-0.2, 0) is 11.8 Å². The molecule has 10 heteroatoms. The first kappa shape index (κ1) is 19.8. The number of nitrogen functional groups attached to an aromatic ring is 1. The third-order valence-corrected chi connectivity index (χ3v) is 7.24. The molecule has 9 nitrogen and oxygen atoms in total. The lowest BCUT2D eigenvalue weighted by molar-refractivity contribution is -0.384. The molecule has 31 heavy (non-hydrogen) atoms. The molecule has 1 aliphatic carbocycles. The van der Waals surface area contributed by atoms with Gasteiger partial charge in [0.05, 0.1) is 10.6 Å². The Bertz CT molecular complexity index is 1140. The summed E-state index contributed by atoms with van der Waals surface area (Å²) in [5.74, 6) is 1.55. The van der Waals surface area contributed by atoms with Crippen LogP contribution >= 0.6 is 11.8 Å². The van der Waals surface area contributed by atoms with E-state index in [1.165, 1.54) is 23.9 Å². The van der Waals surface area contributed by atoms with E-state index in [-0.39, 0.29) is 11.1 Å². The van der Waals surface area contributed by atoms with Gasteiger partial charge in [-0.15, -0.1) is 0 Å². The van der Waals surface area contributed by atoms with Gasteiger partial charge in [0.25, 0.3) is 5.69 Å². The SMILES string of the molecule is Cc1cc(N2CCC3(CCc4c(N)nc(Sc5ccc([N+](=O)[O-])cc5)nc43)CC2)n[nH]1. The fourth-order valence-electron chi connectivity index (χ4n) is 4.65. The van der Waals surface area contributed by atoms with Crippen molar-refractivity contribution < 1.29 is 4.92 Å². The monoisotopic (exact) mass is 437 g/mol. The van der Waals surface area contributed by atoms with Gasteiger partial charge in [0.15, 0.2) is 11.0 Å². The number of nitro groups is 1. The summed E-state index contributed by atoms with van der Waals surface area (Å²) >= 11 is 1.39. The molecule has 1 aromatic carbocycles. The highest BCUT2D eigenvalue weighted by Gasteiger charge is 2.44. The van der Waals surface area contributed by atoms with E-state index < -0.39 is 4.92 Å². The fourth-order valence-corrected chi connectivity index (χ4v) is 5.41. The van der Waals surface area contributed by atoms with Crippen LogP contribution in [0.5, 0.6) is 0 Å². The van der Waals surface area contributed by atoms with Gasteiger partial charge in [-0.25, -0.2) is 9.97 Å². The van der Waals surface area contributed by atoms with Gasteiger partial charge < -0.3 is 10.6 Å². The molecule has 1 fully saturated rings. The van der Waals surface area contributed by atoms with E-state index in [2.05, 4.69) is 26.1 Å². The zero-order chi connectivity index (χ0) is 21.6. The maximum absolute atomic E-state index is 10.9. The van der Waals surface area contributed by atoms with Gasteiger partial charge in [-0.1, -0.05) is 0 Å². The Kier molecular flexibility index (Phi) is 4.81. The topological polar surface area (TPSA) is 127 Å². The maximum Gasteiger partial charge on any atom is 0.269 e. The number of anilines is 2. The molecule has 0 atom stereocenters. The Hall–Kier alpha value is -3.14. The highest BCUT2D eigenvalue weighted by Crippen LogP contribution is 2.47. The second-order valence-corrected chi connectivity index (χ2v) is 9.29. The van der Waals surface area contributed by atoms with Crippen molar-refractivity contribution in [1.29, 1.82) is 0 Å². The molecule has 0 radical (unpaired) electrons. The van der Waals surface area contributed by atoms with Crippen LogP contribution in [0, 0.1) is 17.0 Å². The number of benzene rings is 1. The predicted molar refractivity (Wildman–Crippen MR) is 118 cm³/mol. The number of fused-ring (bicyclic) bond motifs is 2. The van der Waals surface area contributed by atoms with Gasteiger partial charge in [-0.3, -0.25) is 15.2 Å². The largest absolute Gasteiger partial charge is 0.383 e. The molecule has 3 heterocycles. The number of rotatable bonds is 4. The third kappa shape index (κ3) is 3.60. The van der Waals surface area contributed by atoms with Crippen LogP contribution in [0.15, 0.2) is 40.4 Å². The number of aromatic nitrogens is 4. The normalized spacial score (nSPS) is 17.1. The lowest BCUT2D eigenvalue weighted by Gasteiger charge is -2.39. The number of hydrogen-bond donors (Lipinski definition) is 2. The van der Waals surface area contributed by atoms with Gasteiger partial charge in [-0.2, -0.15) is 5.10 Å². The van der Waals surface area contributed by atoms with E-state index in [0.29, 0.717) is 11.0 Å². The molecule has 0 unspecified atom stereocenters. The molecule has 160 valence electrons. The van der Waals surface area contributed by atoms with Gasteiger partial charge in [0.2, 0.25) is 0 Å². The van der Waals surface area contributed by atoms with Crippen LogP contribution in [0.25, 0.3) is 0 Å². The summed E-state index contributed by atoms with van der Waals surface area (Å²) in [5, 5.41) is 18.9. The van der Waals surface area contributed by atoms with Crippen molar-refractivity contribution in [2.45, 2.75) is 48.1 Å². The number of nitrogens with two attached hydrogens (primary N) is 1. The number of hydrogen-bond acceptors (Lipinski definition) is 8. The fraction of sp³-hybridized carbons (Fsp3) is 0.381. The van der Waals surface area contributed by atoms with Crippen molar-refractivity contribution in [1.82, 2.24) is 20.2 Å². The molecule has 3 N–H and O–H groups in total. The third-order valence-electron chi connectivity index (χ3n) is 6.37. The Balaban J connectivity index is 1.38. The van der Waals surface area contributed by atoms with Crippen LogP contribution in [0.2, 0.25) is 0 Å². The Labute approximate surface area is 183 Å². The Morgan fingerprint density at radius 3 is 2.58 bits per heavy atom. The number of piperidine rings is 1. The lowest BCUT2D eigenvalue weighted by atomic mass is 9.76. The van der Waals surface area contributed by atoms with Crippen molar-refractivity contribution in [3.05, 3.63) is 57.4 Å². The van der Waals surface area contributed by atoms with Crippen molar-refractivity contribution in [3.8, 4) is 0 Å². The maximum atomic E-state index is 10.9. The molecule has 1 saturated heterocycles. The van der Waals surface area contributed by atoms with Crippen LogP contribution in [0.3, 0.4) is 0 Å². The number of aromatic amines is 1. The number of nitro benzene ring substituents is 1. The van der Waals surface area contributed by atoms with Gasteiger partial charge >= 0.3 is 0 Å². The van der Waals surface area contributed by atoms with Gasteiger partial charge in [0.1, 0.15) is 5.82 Å². The lowest BCUT2D eigenvalue weighted by Crippen LogP contribution is -2.42. The van der Waals surface area contributed by atoms with Crippen LogP contribution < -0.4 is 10.6 Å². The number of nitrogens with one attached hydrogen (secondary N) is 1. The summed E-state index contributed by atoms with van der Waals surface area (Å²) in [4.78, 5) is 23.1. The molecule has 1 spiro atoms. The minimum Gasteiger partial charge on any atom is -0.383 e. The number of aryl methyl sites for hydroxylation is 1. The highest BCUT2D eigenvalue weighted by atomic mass is 32.2. The zero-order valence-electron chi connectivity index (χ0n) is 17.2. The average Bonchev–Trinajstić information content (AvgIpc) is 3.34. The van der Waals surface area contributed by atoms with Crippen LogP contribution in [-0.4, -0.2) is 38.2 Å². The highest BCUT2D eigenvalue weighted by molar-refractivity contribution is 7.99. The second-order valence-electron chi connectivity index (χ2n) is 8.25. The first-order valence-corrected chi connectivity index (χ1v) is 11.1. The van der Waals surface area contributed by atoms with Crippen molar-refractivity contribution in [2.24, 2.45) is 0 Å². The molecule has 0 bridgehead atoms. The van der Waals surface area contributed by atoms with Crippen LogP contribution in [0.1, 0.15) is 36.2 Å². The Morgan fingerprint density at radius 2 is 1.94 bits per heavy atom. The Morgan fingerprint density at radius 1 is 1.19 bits per heavy atom.